The van der Waals surface area contributed by atoms with E-state index in [0.29, 0.717) is 10.7 Å². The maximum absolute atomic E-state index is 12.2. The zero-order chi connectivity index (χ0) is 15.2. The average Bonchev–Trinajstić information content (AvgIpc) is 2.50. The largest absolute Gasteiger partial charge is 0.376 e. The Kier molecular flexibility index (Phi) is 5.24. The van der Waals surface area contributed by atoms with Crippen LogP contribution in [-0.4, -0.2) is 23.9 Å². The number of likely N-dealkylation sites (tertiary alicyclic amines) is 1. The predicted octanol–water partition coefficient (Wildman–Crippen LogP) is 3.48. The van der Waals surface area contributed by atoms with Gasteiger partial charge in [-0.2, -0.15) is 5.26 Å². The van der Waals surface area contributed by atoms with E-state index in [-0.39, 0.29) is 5.57 Å². The smallest absolute Gasteiger partial charge is 0.267 e. The van der Waals surface area contributed by atoms with Gasteiger partial charge in [-0.3, -0.25) is 4.79 Å². The number of halogens is 1. The molecule has 1 aromatic rings. The molecule has 1 aliphatic rings. The minimum Gasteiger partial charge on any atom is -0.376 e. The van der Waals surface area contributed by atoms with E-state index in [1.807, 2.05) is 17.9 Å². The van der Waals surface area contributed by atoms with Gasteiger partial charge in [0.15, 0.2) is 0 Å². The summed E-state index contributed by atoms with van der Waals surface area (Å²) in [7, 11) is 0. The molecule has 0 aromatic heterocycles. The van der Waals surface area contributed by atoms with Crippen LogP contribution in [0.15, 0.2) is 30.0 Å². The van der Waals surface area contributed by atoms with Crippen molar-refractivity contribution in [2.75, 3.05) is 18.4 Å². The van der Waals surface area contributed by atoms with Crippen LogP contribution in [0.3, 0.4) is 0 Å². The van der Waals surface area contributed by atoms with Crippen molar-refractivity contribution in [3.63, 3.8) is 0 Å². The summed E-state index contributed by atoms with van der Waals surface area (Å²) < 4.78 is 0. The molecule has 1 saturated heterocycles. The van der Waals surface area contributed by atoms with Crippen LogP contribution in [-0.2, 0) is 4.79 Å². The lowest BCUT2D eigenvalue weighted by atomic mass is 10.1. The number of carbonyl (C=O) groups excluding carboxylic acids is 1. The number of piperidine rings is 1. The summed E-state index contributed by atoms with van der Waals surface area (Å²) in [6.45, 7) is 3.63. The Balaban J connectivity index is 2.11. The van der Waals surface area contributed by atoms with Crippen molar-refractivity contribution in [1.29, 1.82) is 5.26 Å². The molecule has 2 rings (SSSR count). The number of hydrogen-bond acceptors (Lipinski definition) is 3. The number of nitrogens with zero attached hydrogens (tertiary/aromatic N) is 2. The minimum atomic E-state index is -0.395. The van der Waals surface area contributed by atoms with Gasteiger partial charge in [-0.25, -0.2) is 0 Å². The molecule has 1 heterocycles. The van der Waals surface area contributed by atoms with Gasteiger partial charge in [0.25, 0.3) is 5.91 Å². The molecular formula is C16H18ClN3O. The van der Waals surface area contributed by atoms with E-state index in [1.165, 1.54) is 6.42 Å². The zero-order valence-electron chi connectivity index (χ0n) is 12.0. The topological polar surface area (TPSA) is 56.1 Å². The molecule has 0 atom stereocenters. The Morgan fingerprint density at radius 1 is 1.38 bits per heavy atom. The molecule has 1 fully saturated rings. The lowest BCUT2D eigenvalue weighted by Gasteiger charge is -2.25. The number of hydrogen-bond donors (Lipinski definition) is 1. The highest BCUT2D eigenvalue weighted by Crippen LogP contribution is 2.23. The first kappa shape index (κ1) is 15.4. The first-order valence-electron chi connectivity index (χ1n) is 7.04. The van der Waals surface area contributed by atoms with Gasteiger partial charge in [-0.15, -0.1) is 0 Å². The molecule has 0 radical (unpaired) electrons. The maximum Gasteiger partial charge on any atom is 0.267 e. The number of carbonyl (C=O) groups is 1. The third kappa shape index (κ3) is 3.99. The fraction of sp³-hybridized carbons (Fsp3) is 0.375. The van der Waals surface area contributed by atoms with Crippen molar-refractivity contribution in [1.82, 2.24) is 4.90 Å². The van der Waals surface area contributed by atoms with Gasteiger partial charge in [0, 0.05) is 30.0 Å². The molecule has 1 amide bonds. The third-order valence-electron chi connectivity index (χ3n) is 3.58. The Bertz CT molecular complexity index is 598. The van der Waals surface area contributed by atoms with Gasteiger partial charge < -0.3 is 10.2 Å². The van der Waals surface area contributed by atoms with E-state index in [4.69, 9.17) is 11.6 Å². The molecule has 0 unspecified atom stereocenters. The van der Waals surface area contributed by atoms with Crippen LogP contribution in [0.4, 0.5) is 5.69 Å². The monoisotopic (exact) mass is 303 g/mol. The van der Waals surface area contributed by atoms with Crippen molar-refractivity contribution >= 4 is 23.2 Å². The molecule has 5 heteroatoms. The predicted molar refractivity (Wildman–Crippen MR) is 83.9 cm³/mol. The number of anilines is 1. The SMILES string of the molecule is Cc1c(Cl)cccc1NC(=O)/C(C#N)=C\N1CCCCC1. The summed E-state index contributed by atoms with van der Waals surface area (Å²) in [5, 5.41) is 12.5. The summed E-state index contributed by atoms with van der Waals surface area (Å²) in [6, 6.07) is 7.29. The number of rotatable bonds is 3. The number of amides is 1. The zero-order valence-corrected chi connectivity index (χ0v) is 12.8. The Morgan fingerprint density at radius 3 is 2.76 bits per heavy atom. The Morgan fingerprint density at radius 2 is 2.10 bits per heavy atom. The maximum atomic E-state index is 12.2. The lowest BCUT2D eigenvalue weighted by molar-refractivity contribution is -0.112. The molecule has 0 bridgehead atoms. The summed E-state index contributed by atoms with van der Waals surface area (Å²) in [4.78, 5) is 14.2. The van der Waals surface area contributed by atoms with E-state index >= 15 is 0 Å². The second-order valence-electron chi connectivity index (χ2n) is 5.12. The lowest BCUT2D eigenvalue weighted by Crippen LogP contribution is -2.26. The number of nitriles is 1. The van der Waals surface area contributed by atoms with Crippen LogP contribution < -0.4 is 5.32 Å². The summed E-state index contributed by atoms with van der Waals surface area (Å²) in [6.07, 6.45) is 5.07. The van der Waals surface area contributed by atoms with Gasteiger partial charge in [-0.05, 0) is 43.9 Å². The van der Waals surface area contributed by atoms with Gasteiger partial charge in [0.1, 0.15) is 11.6 Å². The van der Waals surface area contributed by atoms with Crippen molar-refractivity contribution in [3.8, 4) is 6.07 Å². The second kappa shape index (κ2) is 7.14. The van der Waals surface area contributed by atoms with E-state index in [0.717, 1.165) is 31.5 Å². The highest BCUT2D eigenvalue weighted by Gasteiger charge is 2.14. The van der Waals surface area contributed by atoms with Crippen molar-refractivity contribution in [2.45, 2.75) is 26.2 Å². The normalized spacial score (nSPS) is 15.5. The molecule has 0 aliphatic carbocycles. The van der Waals surface area contributed by atoms with Crippen LogP contribution >= 0.6 is 11.6 Å². The van der Waals surface area contributed by atoms with Crippen LogP contribution in [0, 0.1) is 18.3 Å². The first-order valence-corrected chi connectivity index (χ1v) is 7.42. The Labute approximate surface area is 130 Å². The molecule has 4 nitrogen and oxygen atoms in total. The van der Waals surface area contributed by atoms with E-state index in [9.17, 15) is 10.1 Å². The molecule has 21 heavy (non-hydrogen) atoms. The van der Waals surface area contributed by atoms with E-state index < -0.39 is 5.91 Å². The molecular weight excluding hydrogens is 286 g/mol. The van der Waals surface area contributed by atoms with Gasteiger partial charge in [0.2, 0.25) is 0 Å². The first-order chi connectivity index (χ1) is 10.1. The highest BCUT2D eigenvalue weighted by atomic mass is 35.5. The molecule has 1 N–H and O–H groups in total. The summed E-state index contributed by atoms with van der Waals surface area (Å²) in [5.41, 5.74) is 1.55. The standard InChI is InChI=1S/C16H18ClN3O/c1-12-14(17)6-5-7-15(12)19-16(21)13(10-18)11-20-8-3-2-4-9-20/h5-7,11H,2-4,8-9H2,1H3,(H,19,21)/b13-11-. The van der Waals surface area contributed by atoms with Crippen LogP contribution in [0.5, 0.6) is 0 Å². The van der Waals surface area contributed by atoms with Crippen LogP contribution in [0.2, 0.25) is 5.02 Å². The highest BCUT2D eigenvalue weighted by molar-refractivity contribution is 6.31. The molecule has 0 spiro atoms. The third-order valence-corrected chi connectivity index (χ3v) is 3.99. The van der Waals surface area contributed by atoms with Crippen LogP contribution in [0.1, 0.15) is 24.8 Å². The average molecular weight is 304 g/mol. The van der Waals surface area contributed by atoms with Gasteiger partial charge in [-0.1, -0.05) is 17.7 Å². The second-order valence-corrected chi connectivity index (χ2v) is 5.52. The number of benzene rings is 1. The van der Waals surface area contributed by atoms with E-state index in [1.54, 1.807) is 24.4 Å². The number of nitrogens with one attached hydrogen (secondary N) is 1. The van der Waals surface area contributed by atoms with Crippen molar-refractivity contribution in [3.05, 3.63) is 40.6 Å². The van der Waals surface area contributed by atoms with Crippen molar-refractivity contribution < 1.29 is 4.79 Å². The molecule has 110 valence electrons. The molecule has 1 aliphatic heterocycles. The van der Waals surface area contributed by atoms with Gasteiger partial charge in [0.05, 0.1) is 0 Å². The Hall–Kier alpha value is -1.99. The minimum absolute atomic E-state index is 0.122. The summed E-state index contributed by atoms with van der Waals surface area (Å²) in [5.74, 6) is -0.395. The fourth-order valence-electron chi connectivity index (χ4n) is 2.30. The quantitative estimate of drug-likeness (QED) is 0.687. The van der Waals surface area contributed by atoms with Gasteiger partial charge >= 0.3 is 0 Å². The van der Waals surface area contributed by atoms with Crippen molar-refractivity contribution in [2.24, 2.45) is 0 Å². The molecule has 1 aromatic carbocycles. The summed E-state index contributed by atoms with van der Waals surface area (Å²) >= 11 is 6.03. The van der Waals surface area contributed by atoms with Crippen LogP contribution in [0.25, 0.3) is 0 Å². The molecule has 0 saturated carbocycles. The fourth-order valence-corrected chi connectivity index (χ4v) is 2.48. The van der Waals surface area contributed by atoms with E-state index in [2.05, 4.69) is 5.32 Å².